The van der Waals surface area contributed by atoms with Crippen LogP contribution in [0.2, 0.25) is 0 Å². The molecular weight excluding hydrogens is 240 g/mol. The average Bonchev–Trinajstić information content (AvgIpc) is 2.57. The minimum absolute atomic E-state index is 0.350. The van der Waals surface area contributed by atoms with E-state index in [1.165, 1.54) is 0 Å². The molecule has 2 saturated heterocycles. The van der Waals surface area contributed by atoms with Gasteiger partial charge in [0.05, 0.1) is 6.10 Å². The molecule has 4 unspecified atom stereocenters. The summed E-state index contributed by atoms with van der Waals surface area (Å²) in [5.74, 6) is -1.42. The molecule has 1 spiro atoms. The summed E-state index contributed by atoms with van der Waals surface area (Å²) in [6, 6.07) is 0. The molecule has 3 rings (SSSR count). The van der Waals surface area contributed by atoms with Crippen LogP contribution in [0.3, 0.4) is 0 Å². The lowest BCUT2D eigenvalue weighted by Gasteiger charge is -2.35. The lowest BCUT2D eigenvalue weighted by molar-refractivity contribution is -0.441. The van der Waals surface area contributed by atoms with E-state index in [0.29, 0.717) is 0 Å². The number of aliphatic hydroxyl groups excluding tert-OH is 1. The molecule has 1 N–H and O–H groups in total. The van der Waals surface area contributed by atoms with E-state index in [0.717, 1.165) is 32.1 Å². The zero-order valence-corrected chi connectivity index (χ0v) is 10.3. The summed E-state index contributed by atoms with van der Waals surface area (Å²) in [6.45, 7) is 1.82. The van der Waals surface area contributed by atoms with Crippen LogP contribution in [-0.4, -0.2) is 41.3 Å². The van der Waals surface area contributed by atoms with E-state index in [2.05, 4.69) is 0 Å². The highest BCUT2D eigenvalue weighted by Crippen LogP contribution is 2.39. The van der Waals surface area contributed by atoms with Gasteiger partial charge in [-0.05, 0) is 19.8 Å². The van der Waals surface area contributed by atoms with E-state index in [1.807, 2.05) is 6.92 Å². The van der Waals surface area contributed by atoms with Gasteiger partial charge in [0, 0.05) is 12.8 Å². The predicted octanol–water partition coefficient (Wildman–Crippen LogP) is 0.669. The van der Waals surface area contributed by atoms with Gasteiger partial charge in [-0.2, -0.15) is 0 Å². The van der Waals surface area contributed by atoms with Gasteiger partial charge in [0.25, 0.3) is 0 Å². The Hall–Kier alpha value is -0.690. The molecule has 0 aromatic rings. The second-order valence-electron chi connectivity index (χ2n) is 5.28. The van der Waals surface area contributed by atoms with E-state index in [1.54, 1.807) is 0 Å². The van der Waals surface area contributed by atoms with Crippen molar-refractivity contribution in [3.63, 3.8) is 0 Å². The third kappa shape index (κ3) is 1.93. The minimum Gasteiger partial charge on any atom is -0.455 e. The second-order valence-corrected chi connectivity index (χ2v) is 5.28. The molecule has 4 atom stereocenters. The first-order valence-corrected chi connectivity index (χ1v) is 6.52. The Morgan fingerprint density at radius 2 is 1.94 bits per heavy atom. The summed E-state index contributed by atoms with van der Waals surface area (Å²) in [7, 11) is 0. The van der Waals surface area contributed by atoms with Crippen LogP contribution in [-0.2, 0) is 24.0 Å². The molecule has 1 saturated carbocycles. The number of ether oxygens (including phenoxy) is 2. The van der Waals surface area contributed by atoms with E-state index in [9.17, 15) is 9.90 Å². The van der Waals surface area contributed by atoms with Gasteiger partial charge in [0.15, 0.2) is 18.3 Å². The fraction of sp³-hybridized carbons (Fsp3) is 0.917. The molecule has 102 valence electrons. The zero-order chi connectivity index (χ0) is 12.8. The van der Waals surface area contributed by atoms with Crippen LogP contribution in [0.15, 0.2) is 0 Å². The summed E-state index contributed by atoms with van der Waals surface area (Å²) < 4.78 is 11.0. The van der Waals surface area contributed by atoms with E-state index in [4.69, 9.17) is 19.2 Å². The lowest BCUT2D eigenvalue weighted by atomic mass is 9.94. The van der Waals surface area contributed by atoms with Gasteiger partial charge in [0.2, 0.25) is 5.79 Å². The van der Waals surface area contributed by atoms with Crippen LogP contribution >= 0.6 is 0 Å². The number of hydrogen-bond donors (Lipinski definition) is 1. The molecule has 0 bridgehead atoms. The van der Waals surface area contributed by atoms with Crippen LogP contribution in [0.5, 0.6) is 0 Å². The smallest absolute Gasteiger partial charge is 0.338 e. The van der Waals surface area contributed by atoms with E-state index in [-0.39, 0.29) is 6.10 Å². The maximum absolute atomic E-state index is 11.3. The quantitative estimate of drug-likeness (QED) is 0.508. The first kappa shape index (κ1) is 12.3. The zero-order valence-electron chi connectivity index (χ0n) is 10.3. The van der Waals surface area contributed by atoms with Crippen molar-refractivity contribution in [3.05, 3.63) is 0 Å². The Bertz CT molecular complexity index is 337. The molecule has 18 heavy (non-hydrogen) atoms. The van der Waals surface area contributed by atoms with E-state index >= 15 is 0 Å². The first-order chi connectivity index (χ1) is 8.61. The summed E-state index contributed by atoms with van der Waals surface area (Å²) >= 11 is 0. The Balaban J connectivity index is 1.78. The normalized spacial score (nSPS) is 43.3. The van der Waals surface area contributed by atoms with Crippen molar-refractivity contribution in [2.75, 3.05) is 0 Å². The maximum Gasteiger partial charge on any atom is 0.338 e. The highest BCUT2D eigenvalue weighted by molar-refractivity contribution is 5.77. The van der Waals surface area contributed by atoms with Crippen LogP contribution in [0, 0.1) is 0 Å². The lowest BCUT2D eigenvalue weighted by Crippen LogP contribution is -2.41. The third-order valence-electron chi connectivity index (χ3n) is 3.92. The van der Waals surface area contributed by atoms with Crippen LogP contribution in [0.1, 0.15) is 39.0 Å². The van der Waals surface area contributed by atoms with Crippen molar-refractivity contribution < 1.29 is 29.1 Å². The van der Waals surface area contributed by atoms with Gasteiger partial charge in [-0.15, -0.1) is 0 Å². The summed E-state index contributed by atoms with van der Waals surface area (Å²) in [4.78, 5) is 22.0. The average molecular weight is 258 g/mol. The molecule has 6 heteroatoms. The molecule has 0 radical (unpaired) electrons. The second kappa shape index (κ2) is 4.45. The Morgan fingerprint density at radius 1 is 1.22 bits per heavy atom. The van der Waals surface area contributed by atoms with Gasteiger partial charge in [0.1, 0.15) is 0 Å². The minimum atomic E-state index is -1.29. The highest BCUT2D eigenvalue weighted by Gasteiger charge is 2.54. The number of fused-ring (bicyclic) bond motifs is 1. The Labute approximate surface area is 105 Å². The number of esters is 1. The van der Waals surface area contributed by atoms with E-state index < -0.39 is 30.1 Å². The summed E-state index contributed by atoms with van der Waals surface area (Å²) in [6.07, 6.45) is 1.69. The monoisotopic (exact) mass is 258 g/mol. The molecular formula is C12H18O6. The summed E-state index contributed by atoms with van der Waals surface area (Å²) in [5.41, 5.74) is 0. The van der Waals surface area contributed by atoms with Crippen molar-refractivity contribution in [3.8, 4) is 0 Å². The molecule has 0 aromatic carbocycles. The number of aliphatic hydroxyl groups is 1. The van der Waals surface area contributed by atoms with Crippen molar-refractivity contribution >= 4 is 5.97 Å². The van der Waals surface area contributed by atoms with Gasteiger partial charge < -0.3 is 14.6 Å². The van der Waals surface area contributed by atoms with Gasteiger partial charge in [-0.1, -0.05) is 6.42 Å². The van der Waals surface area contributed by atoms with Crippen molar-refractivity contribution in [1.82, 2.24) is 0 Å². The molecule has 3 fully saturated rings. The largest absolute Gasteiger partial charge is 0.455 e. The first-order valence-electron chi connectivity index (χ1n) is 6.52. The molecule has 2 aliphatic heterocycles. The fourth-order valence-electron chi connectivity index (χ4n) is 2.92. The number of rotatable bonds is 0. The molecule has 6 nitrogen and oxygen atoms in total. The molecule has 3 aliphatic rings. The number of carbonyl (C=O) groups excluding carboxylic acids is 1. The number of carbonyl (C=O) groups is 1. The van der Waals surface area contributed by atoms with Gasteiger partial charge in [-0.3, -0.25) is 0 Å². The Morgan fingerprint density at radius 3 is 2.67 bits per heavy atom. The third-order valence-corrected chi connectivity index (χ3v) is 3.92. The topological polar surface area (TPSA) is 74.2 Å². The van der Waals surface area contributed by atoms with Gasteiger partial charge in [-0.25, -0.2) is 14.6 Å². The van der Waals surface area contributed by atoms with Crippen molar-refractivity contribution in [1.29, 1.82) is 0 Å². The van der Waals surface area contributed by atoms with Gasteiger partial charge >= 0.3 is 5.97 Å². The van der Waals surface area contributed by atoms with Crippen LogP contribution in [0.4, 0.5) is 0 Å². The molecule has 0 aromatic heterocycles. The van der Waals surface area contributed by atoms with Crippen molar-refractivity contribution in [2.24, 2.45) is 0 Å². The SMILES string of the molecule is CC1OC2(CCCCC2)OOC2C(O)C(=O)OC12. The van der Waals surface area contributed by atoms with Crippen LogP contribution in [0.25, 0.3) is 0 Å². The van der Waals surface area contributed by atoms with Crippen LogP contribution < -0.4 is 0 Å². The maximum atomic E-state index is 11.3. The molecule has 1 aliphatic carbocycles. The highest BCUT2D eigenvalue weighted by atomic mass is 17.2. The standard InChI is InChI=1S/C12H18O6/c1-7-9-10(8(13)11(14)15-9)17-18-12(16-7)5-3-2-4-6-12/h7-10,13H,2-6H2,1H3. The number of hydrogen-bond acceptors (Lipinski definition) is 6. The molecule has 0 amide bonds. The fourth-order valence-corrected chi connectivity index (χ4v) is 2.92. The van der Waals surface area contributed by atoms with Crippen molar-refractivity contribution in [2.45, 2.75) is 69.2 Å². The Kier molecular flexibility index (Phi) is 3.05. The predicted molar refractivity (Wildman–Crippen MR) is 58.2 cm³/mol. The molecule has 2 heterocycles. The summed E-state index contributed by atoms with van der Waals surface area (Å²) in [5, 5.41) is 9.69.